The molecule has 2 amide bonds. The zero-order valence-electron chi connectivity index (χ0n) is 46.4. The van der Waals surface area contributed by atoms with E-state index in [1.54, 1.807) is 22.7 Å². The van der Waals surface area contributed by atoms with Crippen LogP contribution in [0.15, 0.2) is 73.2 Å². The van der Waals surface area contributed by atoms with Crippen LogP contribution in [0.1, 0.15) is 90.1 Å². The summed E-state index contributed by atoms with van der Waals surface area (Å²) in [5, 5.41) is 20.2. The molecule has 1 atom stereocenters. The van der Waals surface area contributed by atoms with E-state index in [0.717, 1.165) is 168 Å². The second-order valence-corrected chi connectivity index (χ2v) is 22.4. The predicted molar refractivity (Wildman–Crippen MR) is 301 cm³/mol. The Morgan fingerprint density at radius 1 is 0.887 bits per heavy atom. The van der Waals surface area contributed by atoms with Crippen molar-refractivity contribution >= 4 is 47.7 Å². The molecule has 3 aromatic heterocycles. The Kier molecular flexibility index (Phi) is 18.3. The van der Waals surface area contributed by atoms with Gasteiger partial charge < -0.3 is 44.6 Å². The van der Waals surface area contributed by atoms with Gasteiger partial charge in [-0.15, -0.1) is 0 Å². The maximum Gasteiger partial charge on any atom is 0.255 e. The Labute approximate surface area is 467 Å². The maximum absolute atomic E-state index is 12.9. The number of hydrogen-bond acceptors (Lipinski definition) is 15. The van der Waals surface area contributed by atoms with Crippen LogP contribution in [0.5, 0.6) is 5.75 Å². The molecule has 1 unspecified atom stereocenters. The highest BCUT2D eigenvalue weighted by atomic mass is 19.1. The van der Waals surface area contributed by atoms with E-state index >= 15 is 0 Å². The first-order valence-electron chi connectivity index (χ1n) is 28.0. The minimum Gasteiger partial charge on any atom is -0.492 e. The normalized spacial score (nSPS) is 22.1. The number of hydrogen-bond donors (Lipinski definition) is 2. The van der Waals surface area contributed by atoms with E-state index in [0.29, 0.717) is 48.1 Å². The molecule has 6 aliphatic rings. The van der Waals surface area contributed by atoms with Crippen molar-refractivity contribution in [3.05, 3.63) is 107 Å². The third-order valence-corrected chi connectivity index (χ3v) is 17.4. The van der Waals surface area contributed by atoms with E-state index in [9.17, 15) is 38.0 Å². The third-order valence-electron chi connectivity index (χ3n) is 17.4. The van der Waals surface area contributed by atoms with Crippen molar-refractivity contribution in [3.8, 4) is 22.9 Å². The number of amides is 2. The van der Waals surface area contributed by atoms with E-state index in [1.165, 1.54) is 12.8 Å². The van der Waals surface area contributed by atoms with E-state index in [1.807, 2.05) is 37.5 Å². The number of aromatic nitrogens is 3. The predicted octanol–water partition coefficient (Wildman–Crippen LogP) is 5.87. The van der Waals surface area contributed by atoms with Crippen molar-refractivity contribution in [2.45, 2.75) is 82.5 Å². The molecule has 7 heterocycles. The largest absolute Gasteiger partial charge is 0.492 e. The summed E-state index contributed by atoms with van der Waals surface area (Å²) >= 11 is 0. The van der Waals surface area contributed by atoms with Crippen LogP contribution in [0.2, 0.25) is 0 Å². The van der Waals surface area contributed by atoms with Crippen molar-refractivity contribution in [2.75, 3.05) is 110 Å². The van der Waals surface area contributed by atoms with Crippen LogP contribution in [0.25, 0.3) is 16.6 Å². The number of anilines is 2. The number of halogens is 2. The minimum absolute atomic E-state index is 0.132. The number of pyridine rings is 2. The molecular formula is C60H74F2N12O6. The van der Waals surface area contributed by atoms with Crippen LogP contribution in [-0.2, 0) is 20.9 Å². The molecule has 0 radical (unpaired) electrons. The van der Waals surface area contributed by atoms with Crippen molar-refractivity contribution in [1.29, 1.82) is 5.26 Å². The molecule has 18 nitrogen and oxygen atoms in total. The fourth-order valence-electron chi connectivity index (χ4n) is 12.6. The van der Waals surface area contributed by atoms with Crippen LogP contribution in [0.3, 0.4) is 0 Å². The number of carbonyl (C=O) groups excluding carboxylic acids is 5. The lowest BCUT2D eigenvalue weighted by atomic mass is 9.50. The molecule has 3 saturated heterocycles. The van der Waals surface area contributed by atoms with Gasteiger partial charge in [0.1, 0.15) is 41.8 Å². The Morgan fingerprint density at radius 3 is 2.26 bits per heavy atom. The maximum atomic E-state index is 12.9. The number of rotatable bonds is 16. The number of benzene rings is 2. The lowest BCUT2D eigenvalue weighted by Crippen LogP contribution is -2.60. The number of aldehydes is 3. The lowest BCUT2D eigenvalue weighted by Gasteiger charge is -2.60. The van der Waals surface area contributed by atoms with Gasteiger partial charge >= 0.3 is 0 Å². The van der Waals surface area contributed by atoms with Crippen LogP contribution < -0.4 is 25.2 Å². The van der Waals surface area contributed by atoms with Crippen LogP contribution >= 0.6 is 0 Å². The van der Waals surface area contributed by atoms with E-state index < -0.39 is 17.7 Å². The minimum atomic E-state index is -0.698. The number of ether oxygens (including phenoxy) is 1. The zero-order chi connectivity index (χ0) is 56.6. The summed E-state index contributed by atoms with van der Waals surface area (Å²) in [5.41, 5.74) is 6.26. The van der Waals surface area contributed by atoms with Crippen LogP contribution in [-0.4, -0.2) is 182 Å². The van der Waals surface area contributed by atoms with Gasteiger partial charge in [0.15, 0.2) is 6.29 Å². The summed E-state index contributed by atoms with van der Waals surface area (Å²) in [6, 6.07) is 17.2. The zero-order valence-corrected chi connectivity index (χ0v) is 46.4. The van der Waals surface area contributed by atoms with Crippen molar-refractivity contribution in [3.63, 3.8) is 0 Å². The van der Waals surface area contributed by atoms with E-state index in [-0.39, 0.29) is 35.6 Å². The fraction of sp³-hybridized carbons (Fsp3) is 0.500. The third kappa shape index (κ3) is 12.9. The quantitative estimate of drug-likeness (QED) is 0.112. The fourth-order valence-corrected chi connectivity index (χ4v) is 12.6. The van der Waals surface area contributed by atoms with Crippen molar-refractivity contribution in [1.82, 2.24) is 44.8 Å². The number of fused-ring (bicyclic) bond motifs is 2. The molecular weight excluding hydrogens is 1020 g/mol. The molecule has 1 spiro atoms. The van der Waals surface area contributed by atoms with Gasteiger partial charge in [-0.05, 0) is 132 Å². The summed E-state index contributed by atoms with van der Waals surface area (Å²) in [7, 11) is 5.89. The molecule has 5 fully saturated rings. The van der Waals surface area contributed by atoms with Gasteiger partial charge in [-0.3, -0.25) is 24.2 Å². The van der Waals surface area contributed by atoms with E-state index in [4.69, 9.17) is 9.72 Å². The van der Waals surface area contributed by atoms with E-state index in [2.05, 4.69) is 78.6 Å². The highest BCUT2D eigenvalue weighted by molar-refractivity contribution is 6.00. The Balaban J connectivity index is 0.000000165. The summed E-state index contributed by atoms with van der Waals surface area (Å²) < 4.78 is 32.0. The highest BCUT2D eigenvalue weighted by Gasteiger charge is 2.54. The van der Waals surface area contributed by atoms with Crippen LogP contribution in [0.4, 0.5) is 20.3 Å². The van der Waals surface area contributed by atoms with Gasteiger partial charge in [0, 0.05) is 138 Å². The lowest BCUT2D eigenvalue weighted by molar-refractivity contribution is -0.129. The Morgan fingerprint density at radius 2 is 1.64 bits per heavy atom. The molecule has 80 heavy (non-hydrogen) atoms. The first kappa shape index (κ1) is 57.5. The molecule has 2 aromatic carbocycles. The molecule has 20 heteroatoms. The summed E-state index contributed by atoms with van der Waals surface area (Å²) in [5.74, 6) is 0.447. The molecule has 5 aromatic rings. The van der Waals surface area contributed by atoms with Crippen molar-refractivity contribution < 1.29 is 37.5 Å². The summed E-state index contributed by atoms with van der Waals surface area (Å²) in [4.78, 5) is 75.9. The van der Waals surface area contributed by atoms with Crippen molar-refractivity contribution in [2.24, 2.45) is 11.3 Å². The molecule has 0 bridgehead atoms. The first-order valence-corrected chi connectivity index (χ1v) is 28.0. The molecule has 2 saturated carbocycles. The van der Waals surface area contributed by atoms with Gasteiger partial charge in [0.25, 0.3) is 5.91 Å². The average Bonchev–Trinajstić information content (AvgIpc) is 4.11. The molecule has 4 aliphatic heterocycles. The topological polar surface area (TPSA) is 192 Å². The molecule has 2 N–H and O–H groups in total. The average molecular weight is 1100 g/mol. The van der Waals surface area contributed by atoms with Gasteiger partial charge in [0.05, 0.1) is 41.7 Å². The number of carbonyl (C=O) groups is 5. The molecule has 424 valence electrons. The Bertz CT molecular complexity index is 3040. The monoisotopic (exact) mass is 1100 g/mol. The number of nitrogens with one attached hydrogen (secondary N) is 2. The first-order chi connectivity index (χ1) is 38.7. The number of nitriles is 1. The van der Waals surface area contributed by atoms with Crippen LogP contribution in [0, 0.1) is 34.3 Å². The smallest absolute Gasteiger partial charge is 0.255 e. The second-order valence-electron chi connectivity index (χ2n) is 22.4. The summed E-state index contributed by atoms with van der Waals surface area (Å²) in [6.45, 7) is 14.6. The number of likely N-dealkylation sites (N-methyl/N-ethyl adjacent to an activating group) is 2. The standard InChI is InChI=1S/C27H36N8O.C26H34N4O4.C7H4F2O/c1-4-36-23-15-24(26-22(16-28)18-31-35(26)19-23)21-5-6-25(30-17-21)34-9-7-27(29-2,8-10-34)20-33-13-11-32(3)12-14-33;1-27-24(33)5-3-21(17-32)30-15-19-10-20(2-4-23(19)25(30)34)28-6-8-29(9-7-28)22-13-26(14-22)11-18(12-26)16-31;8-6-1-2-7(9)5(3-6)4-10/h5-6,15,17-19,29H,4,7-14,20H2,1-3H3;2,4,10,16-18,21-22H,3,5-9,11-15H2,1H3,(H,27,33);1-4H. The second kappa shape index (κ2) is 25.5. The Hall–Kier alpha value is -7.18. The van der Waals surface area contributed by atoms with Gasteiger partial charge in [-0.2, -0.15) is 10.4 Å². The van der Waals surface area contributed by atoms with Gasteiger partial charge in [-0.25, -0.2) is 18.3 Å². The SMILES string of the molecule is CCOc1cc(-c2ccc(N3CCC(CN4CCN(C)CC4)(NC)CC3)nc2)c2c(C#N)cnn2c1.CNC(=O)CCC(C=O)N1Cc2cc(N3CCN(C4CC5(CC(C=O)C5)C4)CC3)ccc2C1=O.O=Cc1cc(F)ccc1F. The molecule has 2 aliphatic carbocycles. The number of piperidine rings is 1. The van der Waals surface area contributed by atoms with Gasteiger partial charge in [-0.1, -0.05) is 0 Å². The summed E-state index contributed by atoms with van der Waals surface area (Å²) in [6.07, 6.45) is 14.9. The van der Waals surface area contributed by atoms with Gasteiger partial charge in [0.2, 0.25) is 5.91 Å². The highest BCUT2D eigenvalue weighted by Crippen LogP contribution is 2.59. The number of piperazine rings is 2. The molecule has 11 rings (SSSR count). The number of nitrogens with zero attached hydrogens (tertiary/aromatic N) is 10.